The molecule has 1 nitrogen and oxygen atoms in total. The number of fused-ring (bicyclic) bond motifs is 3. The van der Waals surface area contributed by atoms with Gasteiger partial charge in [-0.05, 0) is 29.2 Å². The van der Waals surface area contributed by atoms with Crippen LogP contribution in [0.15, 0.2) is 66.9 Å². The third kappa shape index (κ3) is 2.10. The molecule has 0 fully saturated rings. The summed E-state index contributed by atoms with van der Waals surface area (Å²) in [5, 5.41) is 0. The zero-order valence-corrected chi connectivity index (χ0v) is 12.7. The van der Waals surface area contributed by atoms with Crippen LogP contribution in [0.1, 0.15) is 5.56 Å². The Kier molecular flexibility index (Phi) is 3.49. The first kappa shape index (κ1) is 13.2. The summed E-state index contributed by atoms with van der Waals surface area (Å²) in [7, 11) is 0. The van der Waals surface area contributed by atoms with Gasteiger partial charge in [0.1, 0.15) is 0 Å². The highest BCUT2D eigenvalue weighted by Gasteiger charge is 2.16. The van der Waals surface area contributed by atoms with Crippen LogP contribution >= 0.6 is 0 Å². The van der Waals surface area contributed by atoms with Crippen LogP contribution in [0.3, 0.4) is 0 Å². The normalized spacial score (nSPS) is 12.2. The number of hydrogen-bond acceptors (Lipinski definition) is 0. The standard InChI is InChI=1S/C18H15N.BrH/c1-2-6-14(7-3-1)16-12-18-17-9-5-4-8-15(17)10-11-19(18)13-16;/h1-9,12-13H,10-11H2;1H/p-1. The van der Waals surface area contributed by atoms with Gasteiger partial charge < -0.3 is 21.5 Å². The minimum Gasteiger partial charge on any atom is -1.00 e. The van der Waals surface area contributed by atoms with E-state index in [9.17, 15) is 0 Å². The second-order valence-electron chi connectivity index (χ2n) is 5.08. The Hall–Kier alpha value is -1.80. The number of hydrogen-bond donors (Lipinski definition) is 0. The summed E-state index contributed by atoms with van der Waals surface area (Å²) in [6.07, 6.45) is 3.41. The first-order valence-electron chi connectivity index (χ1n) is 6.76. The number of benzene rings is 2. The number of aryl methyl sites for hydroxylation is 2. The Labute approximate surface area is 129 Å². The summed E-state index contributed by atoms with van der Waals surface area (Å²) in [6, 6.07) is 21.7. The molecular formula is C18H15BrN-. The zero-order chi connectivity index (χ0) is 12.7. The SMILES string of the molecule is [Br-].c1ccc(-c2cc3n(c2)CCc2ccccc2-3)cc1. The molecule has 2 heterocycles. The molecule has 2 aromatic carbocycles. The summed E-state index contributed by atoms with van der Waals surface area (Å²) in [5.41, 5.74) is 6.80. The molecule has 4 rings (SSSR count). The Balaban J connectivity index is 0.00000121. The smallest absolute Gasteiger partial charge is 0.0489 e. The van der Waals surface area contributed by atoms with Gasteiger partial charge in [-0.2, -0.15) is 0 Å². The monoisotopic (exact) mass is 324 g/mol. The minimum absolute atomic E-state index is 0. The van der Waals surface area contributed by atoms with E-state index in [4.69, 9.17) is 0 Å². The van der Waals surface area contributed by atoms with Crippen molar-refractivity contribution in [3.8, 4) is 22.4 Å². The van der Waals surface area contributed by atoms with E-state index in [1.165, 1.54) is 27.9 Å². The quantitative estimate of drug-likeness (QED) is 0.637. The van der Waals surface area contributed by atoms with Crippen LogP contribution < -0.4 is 17.0 Å². The molecule has 0 saturated carbocycles. The average Bonchev–Trinajstić information content (AvgIpc) is 2.93. The molecule has 1 aromatic heterocycles. The van der Waals surface area contributed by atoms with Crippen molar-refractivity contribution in [1.82, 2.24) is 4.57 Å². The van der Waals surface area contributed by atoms with Gasteiger partial charge in [-0.15, -0.1) is 0 Å². The van der Waals surface area contributed by atoms with Gasteiger partial charge in [-0.1, -0.05) is 54.6 Å². The van der Waals surface area contributed by atoms with E-state index < -0.39 is 0 Å². The molecule has 0 radical (unpaired) electrons. The van der Waals surface area contributed by atoms with Gasteiger partial charge in [0.2, 0.25) is 0 Å². The van der Waals surface area contributed by atoms with Crippen molar-refractivity contribution in [3.63, 3.8) is 0 Å². The van der Waals surface area contributed by atoms with E-state index in [1.807, 2.05) is 0 Å². The van der Waals surface area contributed by atoms with Crippen molar-refractivity contribution in [1.29, 1.82) is 0 Å². The molecule has 0 aliphatic carbocycles. The molecule has 0 spiro atoms. The van der Waals surface area contributed by atoms with E-state index in [0.29, 0.717) is 0 Å². The Morgan fingerprint density at radius 2 is 1.55 bits per heavy atom. The second kappa shape index (κ2) is 5.29. The van der Waals surface area contributed by atoms with Crippen molar-refractivity contribution >= 4 is 0 Å². The lowest BCUT2D eigenvalue weighted by molar-refractivity contribution is -0.00000366. The first-order valence-corrected chi connectivity index (χ1v) is 6.76. The number of rotatable bonds is 1. The summed E-state index contributed by atoms with van der Waals surface area (Å²) >= 11 is 0. The summed E-state index contributed by atoms with van der Waals surface area (Å²) in [6.45, 7) is 1.08. The maximum atomic E-state index is 2.38. The third-order valence-electron chi connectivity index (χ3n) is 3.92. The van der Waals surface area contributed by atoms with Crippen molar-refractivity contribution in [2.45, 2.75) is 13.0 Å². The van der Waals surface area contributed by atoms with E-state index in [0.717, 1.165) is 13.0 Å². The summed E-state index contributed by atoms with van der Waals surface area (Å²) < 4.78 is 2.38. The molecule has 1 aliphatic rings. The van der Waals surface area contributed by atoms with Gasteiger partial charge in [0.25, 0.3) is 0 Å². The van der Waals surface area contributed by atoms with Crippen LogP contribution in [0, 0.1) is 0 Å². The molecule has 0 amide bonds. The molecule has 3 aromatic rings. The molecule has 0 N–H and O–H groups in total. The van der Waals surface area contributed by atoms with E-state index >= 15 is 0 Å². The lowest BCUT2D eigenvalue weighted by Crippen LogP contribution is -3.00. The van der Waals surface area contributed by atoms with Crippen molar-refractivity contribution in [2.24, 2.45) is 0 Å². The lowest BCUT2D eigenvalue weighted by atomic mass is 9.98. The fourth-order valence-corrected chi connectivity index (χ4v) is 2.94. The molecule has 20 heavy (non-hydrogen) atoms. The molecule has 0 saturated heterocycles. The lowest BCUT2D eigenvalue weighted by Gasteiger charge is -2.18. The number of aromatic nitrogens is 1. The van der Waals surface area contributed by atoms with E-state index in [-0.39, 0.29) is 17.0 Å². The fraction of sp³-hybridized carbons (Fsp3) is 0.111. The van der Waals surface area contributed by atoms with Gasteiger partial charge in [0.15, 0.2) is 0 Å². The molecule has 0 bridgehead atoms. The molecule has 100 valence electrons. The molecular weight excluding hydrogens is 310 g/mol. The second-order valence-corrected chi connectivity index (χ2v) is 5.08. The molecule has 0 atom stereocenters. The van der Waals surface area contributed by atoms with Crippen molar-refractivity contribution < 1.29 is 17.0 Å². The van der Waals surface area contributed by atoms with Crippen molar-refractivity contribution in [2.75, 3.05) is 0 Å². The van der Waals surface area contributed by atoms with Gasteiger partial charge in [0.05, 0.1) is 0 Å². The highest BCUT2D eigenvalue weighted by Crippen LogP contribution is 2.34. The van der Waals surface area contributed by atoms with Gasteiger partial charge >= 0.3 is 0 Å². The predicted molar refractivity (Wildman–Crippen MR) is 79.0 cm³/mol. The number of halogens is 1. The van der Waals surface area contributed by atoms with Gasteiger partial charge in [-0.3, -0.25) is 0 Å². The van der Waals surface area contributed by atoms with Crippen LogP contribution in [0.25, 0.3) is 22.4 Å². The molecule has 0 unspecified atom stereocenters. The maximum absolute atomic E-state index is 2.38. The third-order valence-corrected chi connectivity index (χ3v) is 3.92. The summed E-state index contributed by atoms with van der Waals surface area (Å²) in [5.74, 6) is 0. The largest absolute Gasteiger partial charge is 1.00 e. The highest BCUT2D eigenvalue weighted by atomic mass is 79.9. The topological polar surface area (TPSA) is 4.93 Å². The van der Waals surface area contributed by atoms with E-state index in [2.05, 4.69) is 71.4 Å². The van der Waals surface area contributed by atoms with Gasteiger partial charge in [0, 0.05) is 24.0 Å². The predicted octanol–water partition coefficient (Wildman–Crippen LogP) is 1.38. The molecule has 1 aliphatic heterocycles. The Morgan fingerprint density at radius 3 is 2.40 bits per heavy atom. The van der Waals surface area contributed by atoms with Crippen molar-refractivity contribution in [3.05, 3.63) is 72.4 Å². The van der Waals surface area contributed by atoms with Gasteiger partial charge in [-0.25, -0.2) is 0 Å². The summed E-state index contributed by atoms with van der Waals surface area (Å²) in [4.78, 5) is 0. The van der Waals surface area contributed by atoms with Crippen LogP contribution in [0.5, 0.6) is 0 Å². The van der Waals surface area contributed by atoms with Crippen LogP contribution in [0.4, 0.5) is 0 Å². The number of nitrogens with zero attached hydrogens (tertiary/aromatic N) is 1. The molecule has 2 heteroatoms. The van der Waals surface area contributed by atoms with Crippen LogP contribution in [-0.4, -0.2) is 4.57 Å². The fourth-order valence-electron chi connectivity index (χ4n) is 2.94. The average molecular weight is 325 g/mol. The Morgan fingerprint density at radius 1 is 0.800 bits per heavy atom. The van der Waals surface area contributed by atoms with Crippen LogP contribution in [-0.2, 0) is 13.0 Å². The zero-order valence-electron chi connectivity index (χ0n) is 11.1. The van der Waals surface area contributed by atoms with Crippen LogP contribution in [0.2, 0.25) is 0 Å². The van der Waals surface area contributed by atoms with E-state index in [1.54, 1.807) is 0 Å². The Bertz CT molecular complexity index is 728. The maximum Gasteiger partial charge on any atom is 0.0489 e. The minimum atomic E-state index is 0. The first-order chi connectivity index (χ1) is 9.42. The highest BCUT2D eigenvalue weighted by molar-refractivity contribution is 5.74.